The molecule has 16 heavy (non-hydrogen) atoms. The predicted molar refractivity (Wildman–Crippen MR) is 61.9 cm³/mol. The van der Waals surface area contributed by atoms with E-state index in [-0.39, 0.29) is 23.9 Å². The molecule has 0 aromatic heterocycles. The van der Waals surface area contributed by atoms with E-state index in [1.54, 1.807) is 0 Å². The minimum Gasteiger partial charge on any atom is -0.354 e. The zero-order valence-corrected chi connectivity index (χ0v) is 10.2. The zero-order chi connectivity index (χ0) is 12.1. The highest BCUT2D eigenvalue weighted by molar-refractivity contribution is 5.84. The number of amides is 2. The molecule has 0 radical (unpaired) electrons. The number of hydrogen-bond donors (Lipinski definition) is 2. The molecule has 0 saturated carbocycles. The van der Waals surface area contributed by atoms with Crippen LogP contribution in [0, 0.1) is 0 Å². The minimum atomic E-state index is -0.236. The van der Waals surface area contributed by atoms with Gasteiger partial charge in [-0.1, -0.05) is 6.92 Å². The fraction of sp³-hybridized carbons (Fsp3) is 0.818. The van der Waals surface area contributed by atoms with Crippen LogP contribution in [-0.2, 0) is 9.59 Å². The molecular weight excluding hydrogens is 206 g/mol. The number of carbonyl (C=O) groups excluding carboxylic acids is 2. The first-order valence-corrected chi connectivity index (χ1v) is 5.85. The second-order valence-electron chi connectivity index (χ2n) is 4.31. The summed E-state index contributed by atoms with van der Waals surface area (Å²) in [6.07, 6.45) is 0.916. The van der Waals surface area contributed by atoms with E-state index in [1.807, 2.05) is 25.7 Å². The predicted octanol–water partition coefficient (Wildman–Crippen LogP) is -0.279. The van der Waals surface area contributed by atoms with E-state index in [0.29, 0.717) is 13.1 Å². The summed E-state index contributed by atoms with van der Waals surface area (Å²) in [5.74, 6) is -0.00140. The highest BCUT2D eigenvalue weighted by Crippen LogP contribution is 2.02. The SMILES string of the molecule is CCC(C)NC(=O)C(C)N1CCNC(=O)C1. The third-order valence-electron chi connectivity index (χ3n) is 3.00. The topological polar surface area (TPSA) is 61.4 Å². The Labute approximate surface area is 96.6 Å². The van der Waals surface area contributed by atoms with Gasteiger partial charge in [0.15, 0.2) is 0 Å². The lowest BCUT2D eigenvalue weighted by atomic mass is 10.2. The maximum absolute atomic E-state index is 11.8. The van der Waals surface area contributed by atoms with Gasteiger partial charge < -0.3 is 10.6 Å². The Morgan fingerprint density at radius 2 is 2.25 bits per heavy atom. The Kier molecular flexibility index (Phi) is 4.73. The summed E-state index contributed by atoms with van der Waals surface area (Å²) in [5.41, 5.74) is 0. The molecule has 5 heteroatoms. The van der Waals surface area contributed by atoms with Crippen LogP contribution in [0.25, 0.3) is 0 Å². The molecule has 1 fully saturated rings. The summed E-state index contributed by atoms with van der Waals surface area (Å²) in [4.78, 5) is 24.9. The van der Waals surface area contributed by atoms with E-state index in [2.05, 4.69) is 10.6 Å². The van der Waals surface area contributed by atoms with Crippen molar-refractivity contribution in [1.29, 1.82) is 0 Å². The van der Waals surface area contributed by atoms with E-state index >= 15 is 0 Å². The van der Waals surface area contributed by atoms with Gasteiger partial charge in [-0.2, -0.15) is 0 Å². The van der Waals surface area contributed by atoms with Gasteiger partial charge in [0, 0.05) is 19.1 Å². The molecule has 5 nitrogen and oxygen atoms in total. The van der Waals surface area contributed by atoms with Crippen molar-refractivity contribution in [1.82, 2.24) is 15.5 Å². The number of rotatable bonds is 4. The van der Waals surface area contributed by atoms with Crippen molar-refractivity contribution in [2.24, 2.45) is 0 Å². The van der Waals surface area contributed by atoms with Gasteiger partial charge in [0.05, 0.1) is 12.6 Å². The van der Waals surface area contributed by atoms with Gasteiger partial charge in [0.1, 0.15) is 0 Å². The lowest BCUT2D eigenvalue weighted by molar-refractivity contribution is -0.130. The van der Waals surface area contributed by atoms with Gasteiger partial charge in [0.2, 0.25) is 11.8 Å². The average Bonchev–Trinajstić information content (AvgIpc) is 2.27. The summed E-state index contributed by atoms with van der Waals surface area (Å²) in [7, 11) is 0. The van der Waals surface area contributed by atoms with Crippen LogP contribution in [0.4, 0.5) is 0 Å². The molecule has 2 atom stereocenters. The highest BCUT2D eigenvalue weighted by Gasteiger charge is 2.26. The third kappa shape index (κ3) is 3.48. The van der Waals surface area contributed by atoms with E-state index in [0.717, 1.165) is 13.0 Å². The molecule has 2 unspecified atom stereocenters. The molecule has 0 aromatic rings. The number of nitrogens with zero attached hydrogens (tertiary/aromatic N) is 1. The number of piperazine rings is 1. The summed E-state index contributed by atoms with van der Waals surface area (Å²) >= 11 is 0. The number of carbonyl (C=O) groups is 2. The summed E-state index contributed by atoms with van der Waals surface area (Å²) in [5, 5.41) is 5.67. The lowest BCUT2D eigenvalue weighted by Gasteiger charge is -2.31. The average molecular weight is 227 g/mol. The molecule has 1 aliphatic rings. The number of hydrogen-bond acceptors (Lipinski definition) is 3. The fourth-order valence-electron chi connectivity index (χ4n) is 1.62. The van der Waals surface area contributed by atoms with Gasteiger partial charge in [0.25, 0.3) is 0 Å². The Morgan fingerprint density at radius 1 is 1.56 bits per heavy atom. The van der Waals surface area contributed by atoms with Crippen LogP contribution in [0.3, 0.4) is 0 Å². The van der Waals surface area contributed by atoms with Crippen LogP contribution in [-0.4, -0.2) is 48.4 Å². The zero-order valence-electron chi connectivity index (χ0n) is 10.2. The molecular formula is C11H21N3O2. The molecule has 1 aliphatic heterocycles. The highest BCUT2D eigenvalue weighted by atomic mass is 16.2. The maximum atomic E-state index is 11.8. The molecule has 1 saturated heterocycles. The van der Waals surface area contributed by atoms with Crippen molar-refractivity contribution >= 4 is 11.8 Å². The number of nitrogens with one attached hydrogen (secondary N) is 2. The van der Waals surface area contributed by atoms with Gasteiger partial charge in [-0.25, -0.2) is 0 Å². The van der Waals surface area contributed by atoms with Crippen LogP contribution >= 0.6 is 0 Å². The second-order valence-corrected chi connectivity index (χ2v) is 4.31. The van der Waals surface area contributed by atoms with Crippen LogP contribution in [0.15, 0.2) is 0 Å². The summed E-state index contributed by atoms with van der Waals surface area (Å²) < 4.78 is 0. The fourth-order valence-corrected chi connectivity index (χ4v) is 1.62. The first-order chi connectivity index (χ1) is 7.54. The molecule has 0 spiro atoms. The van der Waals surface area contributed by atoms with Gasteiger partial charge in [-0.05, 0) is 20.3 Å². The third-order valence-corrected chi connectivity index (χ3v) is 3.00. The van der Waals surface area contributed by atoms with Crippen molar-refractivity contribution in [3.05, 3.63) is 0 Å². The van der Waals surface area contributed by atoms with Crippen molar-refractivity contribution < 1.29 is 9.59 Å². The van der Waals surface area contributed by atoms with Crippen LogP contribution in [0.1, 0.15) is 27.2 Å². The molecule has 0 aromatic carbocycles. The molecule has 1 heterocycles. The van der Waals surface area contributed by atoms with E-state index in [1.165, 1.54) is 0 Å². The molecule has 2 N–H and O–H groups in total. The Morgan fingerprint density at radius 3 is 2.81 bits per heavy atom. The maximum Gasteiger partial charge on any atom is 0.237 e. The van der Waals surface area contributed by atoms with E-state index in [9.17, 15) is 9.59 Å². The van der Waals surface area contributed by atoms with E-state index < -0.39 is 0 Å². The first kappa shape index (κ1) is 13.0. The van der Waals surface area contributed by atoms with Gasteiger partial charge >= 0.3 is 0 Å². The smallest absolute Gasteiger partial charge is 0.237 e. The van der Waals surface area contributed by atoms with Gasteiger partial charge in [-0.15, -0.1) is 0 Å². The Balaban J connectivity index is 2.46. The van der Waals surface area contributed by atoms with Crippen LogP contribution in [0.5, 0.6) is 0 Å². The summed E-state index contributed by atoms with van der Waals surface area (Å²) in [6, 6.07) is -0.0476. The van der Waals surface area contributed by atoms with Crippen molar-refractivity contribution in [2.45, 2.75) is 39.3 Å². The standard InChI is InChI=1S/C11H21N3O2/c1-4-8(2)13-11(16)9(3)14-6-5-12-10(15)7-14/h8-9H,4-7H2,1-3H3,(H,12,15)(H,13,16). The van der Waals surface area contributed by atoms with Gasteiger partial charge in [-0.3, -0.25) is 14.5 Å². The monoisotopic (exact) mass is 227 g/mol. The lowest BCUT2D eigenvalue weighted by Crippen LogP contribution is -2.55. The Bertz CT molecular complexity index is 268. The molecule has 0 aliphatic carbocycles. The largest absolute Gasteiger partial charge is 0.354 e. The first-order valence-electron chi connectivity index (χ1n) is 5.85. The summed E-state index contributed by atoms with van der Waals surface area (Å²) in [6.45, 7) is 7.53. The van der Waals surface area contributed by atoms with E-state index in [4.69, 9.17) is 0 Å². The van der Waals surface area contributed by atoms with Crippen molar-refractivity contribution in [3.63, 3.8) is 0 Å². The van der Waals surface area contributed by atoms with Crippen LogP contribution in [0.2, 0.25) is 0 Å². The molecule has 0 bridgehead atoms. The van der Waals surface area contributed by atoms with Crippen LogP contribution < -0.4 is 10.6 Å². The molecule has 92 valence electrons. The molecule has 2 amide bonds. The quantitative estimate of drug-likeness (QED) is 0.694. The Hall–Kier alpha value is -1.10. The molecule has 1 rings (SSSR count). The van der Waals surface area contributed by atoms with Crippen molar-refractivity contribution in [3.8, 4) is 0 Å². The second kappa shape index (κ2) is 5.84. The minimum absolute atomic E-state index is 0.00375. The van der Waals surface area contributed by atoms with Crippen molar-refractivity contribution in [2.75, 3.05) is 19.6 Å². The normalized spacial score (nSPS) is 21.1.